The van der Waals surface area contributed by atoms with E-state index >= 15 is 0 Å². The minimum absolute atomic E-state index is 0.180. The zero-order valence-electron chi connectivity index (χ0n) is 12.3. The molecule has 0 aromatic rings. The zero-order valence-corrected chi connectivity index (χ0v) is 13.2. The summed E-state index contributed by atoms with van der Waals surface area (Å²) in [5.74, 6) is 0. The molecule has 0 aromatic heterocycles. The van der Waals surface area contributed by atoms with Gasteiger partial charge in [0.2, 0.25) is 0 Å². The summed E-state index contributed by atoms with van der Waals surface area (Å²) >= 11 is 0. The van der Waals surface area contributed by atoms with Crippen LogP contribution in [-0.4, -0.2) is 26.4 Å². The molecule has 0 unspecified atom stereocenters. The van der Waals surface area contributed by atoms with Gasteiger partial charge < -0.3 is 4.74 Å². The van der Waals surface area contributed by atoms with Crippen molar-refractivity contribution in [1.82, 2.24) is 0 Å². The molecule has 19 heavy (non-hydrogen) atoms. The largest absolute Gasteiger partial charge is 0.499 e. The van der Waals surface area contributed by atoms with Gasteiger partial charge in [0.1, 0.15) is 6.61 Å². The predicted octanol–water partition coefficient (Wildman–Crippen LogP) is 4.29. The molecule has 0 aliphatic rings. The van der Waals surface area contributed by atoms with Gasteiger partial charge in [-0.15, -0.1) is 0 Å². The van der Waals surface area contributed by atoms with E-state index in [0.717, 1.165) is 25.7 Å². The van der Waals surface area contributed by atoms with Crippen LogP contribution in [-0.2, 0) is 22.9 Å². The third kappa shape index (κ3) is 11.2. The van der Waals surface area contributed by atoms with Crippen molar-refractivity contribution in [3.63, 3.8) is 0 Å². The van der Waals surface area contributed by atoms with Gasteiger partial charge in [0, 0.05) is 0 Å². The summed E-state index contributed by atoms with van der Waals surface area (Å²) in [4.78, 5) is 0. The van der Waals surface area contributed by atoms with Crippen LogP contribution in [0, 0.1) is 0 Å². The number of rotatable bonds is 13. The van der Waals surface area contributed by atoms with Gasteiger partial charge in [-0.05, 0) is 19.8 Å². The highest BCUT2D eigenvalue weighted by Gasteiger charge is 2.26. The molecule has 0 radical (unpaired) electrons. The van der Waals surface area contributed by atoms with Crippen LogP contribution in [0.2, 0.25) is 0 Å². The molecule has 0 bridgehead atoms. The highest BCUT2D eigenvalue weighted by molar-refractivity contribution is 7.48. The summed E-state index contributed by atoms with van der Waals surface area (Å²) < 4.78 is 33.1. The third-order valence-corrected chi connectivity index (χ3v) is 3.67. The van der Waals surface area contributed by atoms with E-state index in [-0.39, 0.29) is 6.61 Å². The standard InChI is InChI=1S/C13H27O5P/c1-4-7-10-16-19(14,17-11-8-5-2)18-13-12-15-9-6-3/h6,9H,4-5,7-8,10-13H2,1-3H3. The number of phosphoric ester groups is 1. The molecule has 0 heterocycles. The second-order valence-corrected chi connectivity index (χ2v) is 5.66. The minimum atomic E-state index is -3.43. The smallest absolute Gasteiger partial charge is 0.474 e. The molecule has 0 N–H and O–H groups in total. The molecule has 0 rings (SSSR count). The van der Waals surface area contributed by atoms with Crippen LogP contribution in [0.4, 0.5) is 0 Å². The molecule has 0 saturated heterocycles. The van der Waals surface area contributed by atoms with E-state index in [1.807, 2.05) is 20.8 Å². The van der Waals surface area contributed by atoms with Gasteiger partial charge in [-0.2, -0.15) is 0 Å². The summed E-state index contributed by atoms with van der Waals surface area (Å²) in [7, 11) is -3.43. The highest BCUT2D eigenvalue weighted by atomic mass is 31.2. The van der Waals surface area contributed by atoms with Crippen molar-refractivity contribution in [3.8, 4) is 0 Å². The summed E-state index contributed by atoms with van der Waals surface area (Å²) in [6.07, 6.45) is 6.94. The Labute approximate surface area is 116 Å². The molecule has 5 nitrogen and oxygen atoms in total. The highest BCUT2D eigenvalue weighted by Crippen LogP contribution is 2.49. The molecule has 0 fully saturated rings. The number of ether oxygens (including phenoxy) is 1. The Balaban J connectivity index is 4.03. The lowest BCUT2D eigenvalue weighted by Gasteiger charge is -2.17. The van der Waals surface area contributed by atoms with Crippen molar-refractivity contribution in [2.45, 2.75) is 46.5 Å². The first kappa shape index (κ1) is 18.7. The molecule has 6 heteroatoms. The van der Waals surface area contributed by atoms with E-state index in [9.17, 15) is 4.57 Å². The zero-order chi connectivity index (χ0) is 14.4. The Morgan fingerprint density at radius 3 is 1.89 bits per heavy atom. The molecule has 0 amide bonds. The fourth-order valence-corrected chi connectivity index (χ4v) is 2.34. The Morgan fingerprint density at radius 2 is 1.42 bits per heavy atom. The molecular weight excluding hydrogens is 267 g/mol. The van der Waals surface area contributed by atoms with E-state index in [2.05, 4.69) is 0 Å². The number of allylic oxidation sites excluding steroid dienone is 1. The quantitative estimate of drug-likeness (QED) is 0.288. The Kier molecular flexibility index (Phi) is 12.4. The summed E-state index contributed by atoms with van der Waals surface area (Å²) in [5, 5.41) is 0. The lowest BCUT2D eigenvalue weighted by Crippen LogP contribution is -2.06. The molecule has 0 saturated carbocycles. The van der Waals surface area contributed by atoms with E-state index in [0.29, 0.717) is 19.8 Å². The first-order valence-corrected chi connectivity index (χ1v) is 8.41. The topological polar surface area (TPSA) is 54.0 Å². The van der Waals surface area contributed by atoms with Crippen molar-refractivity contribution in [2.75, 3.05) is 26.4 Å². The van der Waals surface area contributed by atoms with Crippen LogP contribution in [0.25, 0.3) is 0 Å². The monoisotopic (exact) mass is 294 g/mol. The molecule has 114 valence electrons. The van der Waals surface area contributed by atoms with Gasteiger partial charge in [-0.3, -0.25) is 13.6 Å². The van der Waals surface area contributed by atoms with Crippen LogP contribution >= 0.6 is 7.82 Å². The van der Waals surface area contributed by atoms with Crippen molar-refractivity contribution in [3.05, 3.63) is 12.3 Å². The number of unbranched alkanes of at least 4 members (excludes halogenated alkanes) is 2. The Bertz CT molecular complexity index is 254. The third-order valence-electron chi connectivity index (χ3n) is 2.18. The minimum Gasteiger partial charge on any atom is -0.499 e. The van der Waals surface area contributed by atoms with Crippen LogP contribution in [0.3, 0.4) is 0 Å². The van der Waals surface area contributed by atoms with Crippen molar-refractivity contribution in [2.24, 2.45) is 0 Å². The molecular formula is C13H27O5P. The molecule has 0 spiro atoms. The molecule has 0 aliphatic heterocycles. The van der Waals surface area contributed by atoms with E-state index in [1.54, 1.807) is 12.3 Å². The van der Waals surface area contributed by atoms with Gasteiger partial charge in [-0.1, -0.05) is 32.8 Å². The average molecular weight is 294 g/mol. The van der Waals surface area contributed by atoms with E-state index in [4.69, 9.17) is 18.3 Å². The number of hydrogen-bond donors (Lipinski definition) is 0. The van der Waals surface area contributed by atoms with Crippen LogP contribution < -0.4 is 0 Å². The Hall–Kier alpha value is -0.350. The number of phosphoric acid groups is 1. The van der Waals surface area contributed by atoms with Crippen LogP contribution in [0.15, 0.2) is 12.3 Å². The van der Waals surface area contributed by atoms with Crippen molar-refractivity contribution in [1.29, 1.82) is 0 Å². The SMILES string of the molecule is CC=COCCOP(=O)(OCCCC)OCCCC. The maximum absolute atomic E-state index is 12.3. The normalized spacial score (nSPS) is 12.2. The Morgan fingerprint density at radius 1 is 0.895 bits per heavy atom. The summed E-state index contributed by atoms with van der Waals surface area (Å²) in [5.41, 5.74) is 0. The first-order chi connectivity index (χ1) is 9.18. The van der Waals surface area contributed by atoms with Crippen LogP contribution in [0.5, 0.6) is 0 Å². The molecule has 0 atom stereocenters. The number of hydrogen-bond acceptors (Lipinski definition) is 5. The van der Waals surface area contributed by atoms with Gasteiger partial charge >= 0.3 is 7.82 Å². The van der Waals surface area contributed by atoms with E-state index in [1.165, 1.54) is 0 Å². The maximum atomic E-state index is 12.3. The average Bonchev–Trinajstić information content (AvgIpc) is 2.39. The predicted molar refractivity (Wildman–Crippen MR) is 76.0 cm³/mol. The second kappa shape index (κ2) is 12.7. The first-order valence-electron chi connectivity index (χ1n) is 6.95. The van der Waals surface area contributed by atoms with Crippen molar-refractivity contribution < 1.29 is 22.9 Å². The second-order valence-electron chi connectivity index (χ2n) is 3.99. The fourth-order valence-electron chi connectivity index (χ4n) is 1.11. The van der Waals surface area contributed by atoms with Gasteiger partial charge in [0.15, 0.2) is 0 Å². The van der Waals surface area contributed by atoms with Gasteiger partial charge in [0.25, 0.3) is 0 Å². The summed E-state index contributed by atoms with van der Waals surface area (Å²) in [6.45, 7) is 7.21. The van der Waals surface area contributed by atoms with Gasteiger partial charge in [-0.25, -0.2) is 4.57 Å². The lowest BCUT2D eigenvalue weighted by atomic mass is 10.4. The molecule has 0 aliphatic carbocycles. The van der Waals surface area contributed by atoms with E-state index < -0.39 is 7.82 Å². The maximum Gasteiger partial charge on any atom is 0.474 e. The fraction of sp³-hybridized carbons (Fsp3) is 0.846. The van der Waals surface area contributed by atoms with Crippen LogP contribution in [0.1, 0.15) is 46.5 Å². The van der Waals surface area contributed by atoms with Crippen molar-refractivity contribution >= 4 is 7.82 Å². The van der Waals surface area contributed by atoms with Gasteiger partial charge in [0.05, 0.1) is 26.1 Å². The summed E-state index contributed by atoms with van der Waals surface area (Å²) in [6, 6.07) is 0. The molecule has 0 aromatic carbocycles. The lowest BCUT2D eigenvalue weighted by molar-refractivity contribution is 0.0905.